The molecule has 0 saturated carbocycles. The van der Waals surface area contributed by atoms with Gasteiger partial charge in [0.2, 0.25) is 0 Å². The number of nitrogens with zero attached hydrogens (tertiary/aromatic N) is 4. The number of nitrogens with two attached hydrogens (primary N) is 1. The van der Waals surface area contributed by atoms with Crippen LogP contribution in [0.25, 0.3) is 0 Å². The Morgan fingerprint density at radius 3 is 3.00 bits per heavy atom. The van der Waals surface area contributed by atoms with E-state index in [0.29, 0.717) is 12.2 Å². The Morgan fingerprint density at radius 1 is 1.53 bits per heavy atom. The molecule has 1 saturated heterocycles. The molecule has 8 heteroatoms. The van der Waals surface area contributed by atoms with Gasteiger partial charge in [0, 0.05) is 0 Å². The first-order valence-electron chi connectivity index (χ1n) is 4.79. The molecule has 2 rings (SSSR count). The summed E-state index contributed by atoms with van der Waals surface area (Å²) in [6.07, 6.45) is 1.45. The third kappa shape index (κ3) is 2.15. The van der Waals surface area contributed by atoms with Crippen molar-refractivity contribution in [2.24, 2.45) is 5.73 Å². The zero-order valence-corrected chi connectivity index (χ0v) is 9.02. The van der Waals surface area contributed by atoms with E-state index in [0.717, 1.165) is 6.42 Å². The van der Waals surface area contributed by atoms with Gasteiger partial charge in [-0.25, -0.2) is 13.1 Å². The highest BCUT2D eigenvalue weighted by molar-refractivity contribution is 7.91. The third-order valence-electron chi connectivity index (χ3n) is 2.53. The molecule has 1 aliphatic heterocycles. The van der Waals surface area contributed by atoms with Crippen molar-refractivity contribution >= 4 is 9.84 Å². The first kappa shape index (κ1) is 10.5. The molecular weight excluding hydrogens is 218 g/mol. The highest BCUT2D eigenvalue weighted by Gasteiger charge is 2.28. The molecule has 2 heterocycles. The SMILES string of the molecule is NCc1nnnn1C1CCCS(=O)(=O)C1. The van der Waals surface area contributed by atoms with Crippen molar-refractivity contribution in [2.75, 3.05) is 11.5 Å². The van der Waals surface area contributed by atoms with Gasteiger partial charge in [-0.05, 0) is 23.3 Å². The molecule has 0 bridgehead atoms. The fourth-order valence-electron chi connectivity index (χ4n) is 1.82. The largest absolute Gasteiger partial charge is 0.324 e. The van der Waals surface area contributed by atoms with E-state index in [2.05, 4.69) is 15.5 Å². The van der Waals surface area contributed by atoms with E-state index in [1.165, 1.54) is 4.68 Å². The van der Waals surface area contributed by atoms with Crippen molar-refractivity contribution in [3.63, 3.8) is 0 Å². The van der Waals surface area contributed by atoms with E-state index in [4.69, 9.17) is 5.73 Å². The fourth-order valence-corrected chi connectivity index (χ4v) is 3.49. The number of hydrogen-bond donors (Lipinski definition) is 1. The molecular formula is C7H13N5O2S. The minimum Gasteiger partial charge on any atom is -0.324 e. The standard InChI is InChI=1S/C7H13N5O2S/c8-4-7-9-10-11-12(7)6-2-1-3-15(13,14)5-6/h6H,1-5,8H2. The maximum atomic E-state index is 11.4. The van der Waals surface area contributed by atoms with Crippen LogP contribution in [0.4, 0.5) is 0 Å². The summed E-state index contributed by atoms with van der Waals surface area (Å²) in [7, 11) is -2.94. The Bertz CT molecular complexity index is 440. The molecule has 1 atom stereocenters. The summed E-state index contributed by atoms with van der Waals surface area (Å²) >= 11 is 0. The second kappa shape index (κ2) is 3.86. The summed E-state index contributed by atoms with van der Waals surface area (Å²) in [5, 5.41) is 11.0. The Labute approximate surface area is 87.6 Å². The number of rotatable bonds is 2. The molecule has 2 N–H and O–H groups in total. The first-order valence-corrected chi connectivity index (χ1v) is 6.62. The molecule has 1 aromatic heterocycles. The summed E-state index contributed by atoms with van der Waals surface area (Å²) in [5.41, 5.74) is 5.46. The van der Waals surface area contributed by atoms with Gasteiger partial charge in [-0.1, -0.05) is 0 Å². The first-order chi connectivity index (χ1) is 7.12. The van der Waals surface area contributed by atoms with Crippen molar-refractivity contribution < 1.29 is 8.42 Å². The molecule has 1 fully saturated rings. The van der Waals surface area contributed by atoms with Crippen LogP contribution in [0.1, 0.15) is 24.7 Å². The molecule has 1 aliphatic rings. The normalized spacial score (nSPS) is 25.3. The monoisotopic (exact) mass is 231 g/mol. The lowest BCUT2D eigenvalue weighted by Crippen LogP contribution is -2.29. The summed E-state index contributed by atoms with van der Waals surface area (Å²) in [6, 6.07) is -0.155. The van der Waals surface area contributed by atoms with E-state index < -0.39 is 9.84 Å². The lowest BCUT2D eigenvalue weighted by molar-refractivity contribution is 0.414. The van der Waals surface area contributed by atoms with Gasteiger partial charge in [0.15, 0.2) is 15.7 Å². The second-order valence-electron chi connectivity index (χ2n) is 3.65. The van der Waals surface area contributed by atoms with Gasteiger partial charge in [0.25, 0.3) is 0 Å². The van der Waals surface area contributed by atoms with Gasteiger partial charge in [-0.15, -0.1) is 5.10 Å². The topological polar surface area (TPSA) is 104 Å². The highest BCUT2D eigenvalue weighted by atomic mass is 32.2. The zero-order valence-electron chi connectivity index (χ0n) is 8.20. The van der Waals surface area contributed by atoms with E-state index in [-0.39, 0.29) is 24.1 Å². The van der Waals surface area contributed by atoms with Crippen LogP contribution in [0, 0.1) is 0 Å². The maximum absolute atomic E-state index is 11.4. The van der Waals surface area contributed by atoms with Crippen LogP contribution in [-0.4, -0.2) is 40.1 Å². The average molecular weight is 231 g/mol. The van der Waals surface area contributed by atoms with E-state index >= 15 is 0 Å². The maximum Gasteiger partial charge on any atom is 0.165 e. The molecule has 0 amide bonds. The molecule has 0 aliphatic carbocycles. The van der Waals surface area contributed by atoms with Crippen LogP contribution in [0.15, 0.2) is 0 Å². The van der Waals surface area contributed by atoms with E-state index in [1.807, 2.05) is 0 Å². The van der Waals surface area contributed by atoms with Crippen LogP contribution in [0.3, 0.4) is 0 Å². The number of tetrazole rings is 1. The number of sulfone groups is 1. The zero-order chi connectivity index (χ0) is 10.9. The average Bonchev–Trinajstić information content (AvgIpc) is 2.63. The Morgan fingerprint density at radius 2 is 2.33 bits per heavy atom. The lowest BCUT2D eigenvalue weighted by Gasteiger charge is -2.22. The van der Waals surface area contributed by atoms with Gasteiger partial charge in [-0.3, -0.25) is 0 Å². The molecule has 7 nitrogen and oxygen atoms in total. The summed E-state index contributed by atoms with van der Waals surface area (Å²) in [5.74, 6) is 0.923. The highest BCUT2D eigenvalue weighted by Crippen LogP contribution is 2.22. The molecule has 1 aromatic rings. The predicted octanol–water partition coefficient (Wildman–Crippen LogP) is -1.12. The molecule has 15 heavy (non-hydrogen) atoms. The van der Waals surface area contributed by atoms with Crippen molar-refractivity contribution in [1.82, 2.24) is 20.2 Å². The summed E-state index contributed by atoms with van der Waals surface area (Å²) < 4.78 is 24.4. The number of hydrogen-bond acceptors (Lipinski definition) is 6. The predicted molar refractivity (Wildman–Crippen MR) is 52.6 cm³/mol. The minimum atomic E-state index is -2.94. The number of aromatic nitrogens is 4. The Balaban J connectivity index is 2.24. The van der Waals surface area contributed by atoms with Gasteiger partial charge in [0.05, 0.1) is 24.1 Å². The van der Waals surface area contributed by atoms with Crippen LogP contribution < -0.4 is 5.73 Å². The summed E-state index contributed by atoms with van der Waals surface area (Å²) in [6.45, 7) is 0.226. The molecule has 0 spiro atoms. The quantitative estimate of drug-likeness (QED) is 0.691. The van der Waals surface area contributed by atoms with Crippen molar-refractivity contribution in [3.05, 3.63) is 5.82 Å². The van der Waals surface area contributed by atoms with Gasteiger partial charge < -0.3 is 5.73 Å². The molecule has 0 aromatic carbocycles. The Hall–Kier alpha value is -1.02. The van der Waals surface area contributed by atoms with Crippen molar-refractivity contribution in [1.29, 1.82) is 0 Å². The Kier molecular flexibility index (Phi) is 2.70. The third-order valence-corrected chi connectivity index (χ3v) is 4.33. The van der Waals surface area contributed by atoms with Crippen LogP contribution in [0.2, 0.25) is 0 Å². The molecule has 84 valence electrons. The second-order valence-corrected chi connectivity index (χ2v) is 5.88. The van der Waals surface area contributed by atoms with Gasteiger partial charge >= 0.3 is 0 Å². The van der Waals surface area contributed by atoms with Gasteiger partial charge in [0.1, 0.15) is 0 Å². The van der Waals surface area contributed by atoms with Crippen molar-refractivity contribution in [3.8, 4) is 0 Å². The molecule has 0 radical (unpaired) electrons. The van der Waals surface area contributed by atoms with Crippen molar-refractivity contribution in [2.45, 2.75) is 25.4 Å². The lowest BCUT2D eigenvalue weighted by atomic mass is 10.2. The van der Waals surface area contributed by atoms with Crippen LogP contribution in [0.5, 0.6) is 0 Å². The van der Waals surface area contributed by atoms with Crippen LogP contribution in [-0.2, 0) is 16.4 Å². The minimum absolute atomic E-state index is 0.116. The van der Waals surface area contributed by atoms with E-state index in [1.54, 1.807) is 0 Å². The smallest absolute Gasteiger partial charge is 0.165 e. The van der Waals surface area contributed by atoms with E-state index in [9.17, 15) is 8.42 Å². The fraction of sp³-hybridized carbons (Fsp3) is 0.857. The van der Waals surface area contributed by atoms with Crippen LogP contribution >= 0.6 is 0 Å². The molecule has 1 unspecified atom stereocenters. The summed E-state index contributed by atoms with van der Waals surface area (Å²) in [4.78, 5) is 0. The van der Waals surface area contributed by atoms with Gasteiger partial charge in [-0.2, -0.15) is 0 Å².